The van der Waals surface area contributed by atoms with Gasteiger partial charge in [-0.15, -0.1) is 0 Å². The Balaban J connectivity index is 1.22. The van der Waals surface area contributed by atoms with Crippen molar-refractivity contribution in [1.82, 2.24) is 10.2 Å². The van der Waals surface area contributed by atoms with Crippen LogP contribution in [0.25, 0.3) is 0 Å². The van der Waals surface area contributed by atoms with Gasteiger partial charge in [0, 0.05) is 38.5 Å². The van der Waals surface area contributed by atoms with E-state index in [0.717, 1.165) is 56.1 Å². The maximum atomic E-state index is 12.7. The fourth-order valence-corrected chi connectivity index (χ4v) is 4.63. The SMILES string of the molecule is COc1ccc2c(c1)CCN(C(=O)CCNC[C@H]1Cc3cc(OC)c(OC)cc31)CC2. The minimum Gasteiger partial charge on any atom is -0.497 e. The van der Waals surface area contributed by atoms with Crippen molar-refractivity contribution < 1.29 is 19.0 Å². The van der Waals surface area contributed by atoms with E-state index >= 15 is 0 Å². The van der Waals surface area contributed by atoms with E-state index in [2.05, 4.69) is 29.6 Å². The van der Waals surface area contributed by atoms with E-state index in [1.807, 2.05) is 11.0 Å². The van der Waals surface area contributed by atoms with Gasteiger partial charge in [0.2, 0.25) is 5.91 Å². The van der Waals surface area contributed by atoms with Crippen LogP contribution in [0.3, 0.4) is 0 Å². The molecule has 2 aromatic carbocycles. The highest BCUT2D eigenvalue weighted by Gasteiger charge is 2.28. The van der Waals surface area contributed by atoms with Gasteiger partial charge in [-0.3, -0.25) is 4.79 Å². The number of benzene rings is 2. The van der Waals surface area contributed by atoms with E-state index < -0.39 is 0 Å². The molecule has 166 valence electrons. The third kappa shape index (κ3) is 4.64. The minimum absolute atomic E-state index is 0.229. The minimum atomic E-state index is 0.229. The number of rotatable bonds is 8. The van der Waals surface area contributed by atoms with Gasteiger partial charge < -0.3 is 24.4 Å². The molecular formula is C25H32N2O4. The predicted octanol–water partition coefficient (Wildman–Crippen LogP) is 2.96. The molecular weight excluding hydrogens is 392 g/mol. The first-order valence-electron chi connectivity index (χ1n) is 11.0. The highest BCUT2D eigenvalue weighted by atomic mass is 16.5. The second kappa shape index (κ2) is 9.60. The Kier molecular flexibility index (Phi) is 6.66. The van der Waals surface area contributed by atoms with Crippen LogP contribution in [0.2, 0.25) is 0 Å². The molecule has 0 fully saturated rings. The van der Waals surface area contributed by atoms with E-state index in [1.165, 1.54) is 22.3 Å². The summed E-state index contributed by atoms with van der Waals surface area (Å²) in [4.78, 5) is 14.7. The Morgan fingerprint density at radius 1 is 0.968 bits per heavy atom. The number of nitrogens with zero attached hydrogens (tertiary/aromatic N) is 1. The van der Waals surface area contributed by atoms with E-state index in [0.29, 0.717) is 18.9 Å². The lowest BCUT2D eigenvalue weighted by Crippen LogP contribution is -2.36. The normalized spacial score (nSPS) is 17.1. The molecule has 0 aromatic heterocycles. The van der Waals surface area contributed by atoms with E-state index in [1.54, 1.807) is 21.3 Å². The molecule has 31 heavy (non-hydrogen) atoms. The summed E-state index contributed by atoms with van der Waals surface area (Å²) >= 11 is 0. The smallest absolute Gasteiger partial charge is 0.223 e. The van der Waals surface area contributed by atoms with Crippen molar-refractivity contribution in [1.29, 1.82) is 0 Å². The van der Waals surface area contributed by atoms with Crippen LogP contribution in [-0.2, 0) is 24.1 Å². The van der Waals surface area contributed by atoms with Crippen LogP contribution in [0, 0.1) is 0 Å². The van der Waals surface area contributed by atoms with Gasteiger partial charge in [0.1, 0.15) is 5.75 Å². The van der Waals surface area contributed by atoms with Crippen LogP contribution in [-0.4, -0.2) is 58.3 Å². The molecule has 4 rings (SSSR count). The van der Waals surface area contributed by atoms with Crippen LogP contribution in [0.15, 0.2) is 30.3 Å². The molecule has 2 aliphatic rings. The molecule has 1 aliphatic carbocycles. The third-order valence-electron chi connectivity index (χ3n) is 6.53. The van der Waals surface area contributed by atoms with Crippen molar-refractivity contribution in [2.75, 3.05) is 47.5 Å². The number of amides is 1. The average Bonchev–Trinajstić information content (AvgIpc) is 3.00. The van der Waals surface area contributed by atoms with Gasteiger partial charge in [-0.25, -0.2) is 0 Å². The molecule has 1 heterocycles. The van der Waals surface area contributed by atoms with E-state index in [-0.39, 0.29) is 5.91 Å². The van der Waals surface area contributed by atoms with E-state index in [9.17, 15) is 4.79 Å². The van der Waals surface area contributed by atoms with Gasteiger partial charge in [-0.05, 0) is 65.8 Å². The molecule has 0 unspecified atom stereocenters. The maximum absolute atomic E-state index is 12.7. The molecule has 1 N–H and O–H groups in total. The monoisotopic (exact) mass is 424 g/mol. The zero-order valence-corrected chi connectivity index (χ0v) is 18.7. The summed E-state index contributed by atoms with van der Waals surface area (Å²) in [6, 6.07) is 10.4. The highest BCUT2D eigenvalue weighted by molar-refractivity contribution is 5.76. The van der Waals surface area contributed by atoms with Gasteiger partial charge in [0.25, 0.3) is 0 Å². The Labute approximate surface area is 184 Å². The average molecular weight is 425 g/mol. The van der Waals surface area contributed by atoms with Crippen molar-refractivity contribution in [3.05, 3.63) is 52.6 Å². The van der Waals surface area contributed by atoms with Crippen LogP contribution in [0.1, 0.15) is 34.6 Å². The summed E-state index contributed by atoms with van der Waals surface area (Å²) in [6.07, 6.45) is 3.36. The van der Waals surface area contributed by atoms with Gasteiger partial charge in [-0.2, -0.15) is 0 Å². The number of fused-ring (bicyclic) bond motifs is 2. The van der Waals surface area contributed by atoms with Crippen molar-refractivity contribution in [3.8, 4) is 17.2 Å². The topological polar surface area (TPSA) is 60.0 Å². The number of carbonyl (C=O) groups excluding carboxylic acids is 1. The van der Waals surface area contributed by atoms with Crippen LogP contribution < -0.4 is 19.5 Å². The number of ether oxygens (including phenoxy) is 3. The molecule has 2 aromatic rings. The fraction of sp³-hybridized carbons (Fsp3) is 0.480. The lowest BCUT2D eigenvalue weighted by molar-refractivity contribution is -0.131. The summed E-state index contributed by atoms with van der Waals surface area (Å²) in [7, 11) is 5.02. The summed E-state index contributed by atoms with van der Waals surface area (Å²) in [5, 5.41) is 3.48. The van der Waals surface area contributed by atoms with Crippen LogP contribution in [0.4, 0.5) is 0 Å². The maximum Gasteiger partial charge on any atom is 0.223 e. The largest absolute Gasteiger partial charge is 0.497 e. The number of hydrogen-bond donors (Lipinski definition) is 1. The first-order valence-corrected chi connectivity index (χ1v) is 11.0. The first kappa shape index (κ1) is 21.5. The van der Waals surface area contributed by atoms with Crippen LogP contribution in [0.5, 0.6) is 17.2 Å². The van der Waals surface area contributed by atoms with Gasteiger partial charge in [0.15, 0.2) is 11.5 Å². The zero-order valence-electron chi connectivity index (χ0n) is 18.7. The van der Waals surface area contributed by atoms with Crippen molar-refractivity contribution in [2.45, 2.75) is 31.6 Å². The second-order valence-corrected chi connectivity index (χ2v) is 8.28. The zero-order chi connectivity index (χ0) is 21.8. The summed E-state index contributed by atoms with van der Waals surface area (Å²) < 4.78 is 16.1. The molecule has 6 heteroatoms. The number of methoxy groups -OCH3 is 3. The van der Waals surface area contributed by atoms with Gasteiger partial charge >= 0.3 is 0 Å². The Morgan fingerprint density at radius 3 is 2.45 bits per heavy atom. The van der Waals surface area contributed by atoms with Crippen molar-refractivity contribution >= 4 is 5.91 Å². The number of nitrogens with one attached hydrogen (secondary N) is 1. The van der Waals surface area contributed by atoms with Crippen LogP contribution >= 0.6 is 0 Å². The summed E-state index contributed by atoms with van der Waals surface area (Å²) in [6.45, 7) is 3.14. The van der Waals surface area contributed by atoms with Crippen molar-refractivity contribution in [3.63, 3.8) is 0 Å². The Bertz CT molecular complexity index is 943. The Hall–Kier alpha value is -2.73. The molecule has 0 radical (unpaired) electrons. The molecule has 1 atom stereocenters. The lowest BCUT2D eigenvalue weighted by atomic mass is 9.77. The number of carbonyl (C=O) groups is 1. The standard InChI is InChI=1S/C25H32N2O4/c1-29-21-5-4-17-7-10-27(11-8-18(17)13-21)25(28)6-9-26-16-20-12-19-14-23(30-2)24(31-3)15-22(19)20/h4-5,13-15,20,26H,6-12,16H2,1-3H3/t20-/m1/s1. The van der Waals surface area contributed by atoms with Gasteiger partial charge in [-0.1, -0.05) is 6.07 Å². The molecule has 0 bridgehead atoms. The third-order valence-corrected chi connectivity index (χ3v) is 6.53. The van der Waals surface area contributed by atoms with E-state index in [4.69, 9.17) is 14.2 Å². The predicted molar refractivity (Wildman–Crippen MR) is 120 cm³/mol. The quantitative estimate of drug-likeness (QED) is 0.661. The summed E-state index contributed by atoms with van der Waals surface area (Å²) in [5.41, 5.74) is 5.26. The second-order valence-electron chi connectivity index (χ2n) is 8.28. The number of hydrogen-bond acceptors (Lipinski definition) is 5. The molecule has 1 aliphatic heterocycles. The van der Waals surface area contributed by atoms with Crippen molar-refractivity contribution in [2.24, 2.45) is 0 Å². The molecule has 1 amide bonds. The fourth-order valence-electron chi connectivity index (χ4n) is 4.63. The van der Waals surface area contributed by atoms with Gasteiger partial charge in [0.05, 0.1) is 21.3 Å². The molecule has 0 saturated heterocycles. The summed E-state index contributed by atoms with van der Waals surface area (Å²) in [5.74, 6) is 3.15. The lowest BCUT2D eigenvalue weighted by Gasteiger charge is -2.31. The highest BCUT2D eigenvalue weighted by Crippen LogP contribution is 2.41. The first-order chi connectivity index (χ1) is 15.1. The molecule has 0 saturated carbocycles. The molecule has 0 spiro atoms. The Morgan fingerprint density at radius 2 is 1.71 bits per heavy atom. The molecule has 6 nitrogen and oxygen atoms in total.